The lowest BCUT2D eigenvalue weighted by molar-refractivity contribution is -0.152. The first-order valence-electron chi connectivity index (χ1n) is 11.7. The summed E-state index contributed by atoms with van der Waals surface area (Å²) in [6, 6.07) is 0. The molecular formula is C22H41BO3. The van der Waals surface area contributed by atoms with Crippen LogP contribution in [0.4, 0.5) is 0 Å². The van der Waals surface area contributed by atoms with Gasteiger partial charge in [-0.05, 0) is 49.4 Å². The number of hydrogen-bond donors (Lipinski definition) is 2. The fraction of sp³-hybridized carbons (Fsp3) is 1.00. The molecule has 0 spiro atoms. The van der Waals surface area contributed by atoms with Crippen LogP contribution in [0.15, 0.2) is 0 Å². The van der Waals surface area contributed by atoms with Crippen LogP contribution in [0, 0.1) is 23.7 Å². The average Bonchev–Trinajstić information content (AvgIpc) is 2.69. The van der Waals surface area contributed by atoms with Gasteiger partial charge in [0.25, 0.3) is 0 Å². The quantitative estimate of drug-likeness (QED) is 0.588. The van der Waals surface area contributed by atoms with Gasteiger partial charge in [-0.3, -0.25) is 0 Å². The second kappa shape index (κ2) is 9.93. The molecule has 3 aliphatic rings. The Labute approximate surface area is 161 Å². The van der Waals surface area contributed by atoms with E-state index in [0.29, 0.717) is 23.7 Å². The van der Waals surface area contributed by atoms with Gasteiger partial charge in [0.1, 0.15) is 0 Å². The lowest BCUT2D eigenvalue weighted by Crippen LogP contribution is -2.59. The molecule has 26 heavy (non-hydrogen) atoms. The summed E-state index contributed by atoms with van der Waals surface area (Å²) in [5, 5.41) is 20.1. The minimum atomic E-state index is -1.63. The first kappa shape index (κ1) is 20.7. The maximum Gasteiger partial charge on any atom is 0.634 e. The average molecular weight is 364 g/mol. The summed E-state index contributed by atoms with van der Waals surface area (Å²) in [6.07, 6.45) is 20.4. The Bertz CT molecular complexity index is 378. The third-order valence-electron chi connectivity index (χ3n) is 8.03. The van der Waals surface area contributed by atoms with Gasteiger partial charge in [-0.2, -0.15) is 0 Å². The van der Waals surface area contributed by atoms with Gasteiger partial charge in [-0.15, -0.1) is 0 Å². The topological polar surface area (TPSA) is 49.7 Å². The SMILES string of the molecule is CCC(C1CCCCC1)C(OB(O)O)(C1CCCCC1)C1CCCCC1. The lowest BCUT2D eigenvalue weighted by Gasteiger charge is -2.56. The standard InChI is InChI=1S/C22H41BO3/c1-2-21(18-12-6-3-7-13-18)22(26-23(24)25,19-14-8-4-9-15-19)20-16-10-5-11-17-20/h18-21,24-25H,2-17H2,1H3. The molecule has 3 nitrogen and oxygen atoms in total. The molecule has 150 valence electrons. The molecule has 2 N–H and O–H groups in total. The summed E-state index contributed by atoms with van der Waals surface area (Å²) in [4.78, 5) is 0. The van der Waals surface area contributed by atoms with Crippen LogP contribution >= 0.6 is 0 Å². The highest BCUT2D eigenvalue weighted by Gasteiger charge is 2.54. The molecule has 0 heterocycles. The second-order valence-electron chi connectivity index (χ2n) is 9.38. The van der Waals surface area contributed by atoms with E-state index in [1.165, 1.54) is 96.3 Å². The van der Waals surface area contributed by atoms with Crippen molar-refractivity contribution in [3.05, 3.63) is 0 Å². The largest absolute Gasteiger partial charge is 0.634 e. The number of hydrogen-bond acceptors (Lipinski definition) is 3. The van der Waals surface area contributed by atoms with Crippen LogP contribution in [0.25, 0.3) is 0 Å². The van der Waals surface area contributed by atoms with E-state index in [4.69, 9.17) is 4.65 Å². The second-order valence-corrected chi connectivity index (χ2v) is 9.38. The Morgan fingerprint density at radius 1 is 0.769 bits per heavy atom. The van der Waals surface area contributed by atoms with Crippen LogP contribution in [0.2, 0.25) is 0 Å². The van der Waals surface area contributed by atoms with Gasteiger partial charge in [-0.1, -0.05) is 84.0 Å². The molecule has 0 aromatic heterocycles. The van der Waals surface area contributed by atoms with Crippen molar-refractivity contribution >= 4 is 7.32 Å². The third-order valence-corrected chi connectivity index (χ3v) is 8.03. The van der Waals surface area contributed by atoms with E-state index in [1.54, 1.807) is 0 Å². The van der Waals surface area contributed by atoms with Crippen molar-refractivity contribution < 1.29 is 14.7 Å². The highest BCUT2D eigenvalue weighted by molar-refractivity contribution is 6.32. The van der Waals surface area contributed by atoms with Gasteiger partial charge in [0, 0.05) is 0 Å². The van der Waals surface area contributed by atoms with Gasteiger partial charge in [0.05, 0.1) is 5.60 Å². The molecule has 0 bridgehead atoms. The predicted molar refractivity (Wildman–Crippen MR) is 108 cm³/mol. The molecule has 4 heteroatoms. The Hall–Kier alpha value is -0.0551. The molecule has 0 radical (unpaired) electrons. The molecule has 3 saturated carbocycles. The maximum absolute atomic E-state index is 10.0. The van der Waals surface area contributed by atoms with Gasteiger partial charge >= 0.3 is 7.32 Å². The molecule has 0 aromatic rings. The van der Waals surface area contributed by atoms with Crippen LogP contribution in [0.3, 0.4) is 0 Å². The van der Waals surface area contributed by atoms with Crippen molar-refractivity contribution in [3.8, 4) is 0 Å². The van der Waals surface area contributed by atoms with E-state index in [2.05, 4.69) is 6.92 Å². The number of rotatable bonds is 7. The van der Waals surface area contributed by atoms with E-state index in [-0.39, 0.29) is 5.60 Å². The summed E-state index contributed by atoms with van der Waals surface area (Å²) < 4.78 is 6.33. The Balaban J connectivity index is 1.97. The van der Waals surface area contributed by atoms with Crippen LogP contribution in [0.1, 0.15) is 110 Å². The maximum atomic E-state index is 10.0. The Morgan fingerprint density at radius 3 is 1.58 bits per heavy atom. The zero-order chi connectivity index (χ0) is 18.4. The molecule has 3 rings (SSSR count). The smallest absolute Gasteiger partial charge is 0.402 e. The van der Waals surface area contributed by atoms with Crippen molar-refractivity contribution in [2.75, 3.05) is 0 Å². The molecule has 0 saturated heterocycles. The van der Waals surface area contributed by atoms with E-state index in [1.807, 2.05) is 0 Å². The fourth-order valence-corrected chi connectivity index (χ4v) is 7.07. The third kappa shape index (κ3) is 4.50. The molecule has 0 aliphatic heterocycles. The van der Waals surface area contributed by atoms with Crippen molar-refractivity contribution in [3.63, 3.8) is 0 Å². The summed E-state index contributed by atoms with van der Waals surface area (Å²) in [5.74, 6) is 2.20. The summed E-state index contributed by atoms with van der Waals surface area (Å²) in [5.41, 5.74) is -0.314. The van der Waals surface area contributed by atoms with Crippen molar-refractivity contribution in [2.24, 2.45) is 23.7 Å². The molecule has 1 atom stereocenters. The van der Waals surface area contributed by atoms with Crippen LogP contribution in [0.5, 0.6) is 0 Å². The van der Waals surface area contributed by atoms with Gasteiger partial charge in [-0.25, -0.2) is 0 Å². The van der Waals surface area contributed by atoms with Crippen molar-refractivity contribution in [1.29, 1.82) is 0 Å². The first-order chi connectivity index (χ1) is 12.7. The minimum absolute atomic E-state index is 0.314. The zero-order valence-electron chi connectivity index (χ0n) is 17.0. The van der Waals surface area contributed by atoms with Crippen LogP contribution < -0.4 is 0 Å². The molecule has 3 fully saturated rings. The normalized spacial score (nSPS) is 26.0. The Kier molecular flexibility index (Phi) is 7.90. The predicted octanol–water partition coefficient (Wildman–Crippen LogP) is 5.48. The van der Waals surface area contributed by atoms with E-state index in [0.717, 1.165) is 6.42 Å². The molecule has 0 aromatic carbocycles. The van der Waals surface area contributed by atoms with E-state index < -0.39 is 7.32 Å². The Morgan fingerprint density at radius 2 is 1.19 bits per heavy atom. The summed E-state index contributed by atoms with van der Waals surface area (Å²) in [7, 11) is -1.63. The molecule has 0 amide bonds. The van der Waals surface area contributed by atoms with Crippen LogP contribution in [-0.2, 0) is 4.65 Å². The summed E-state index contributed by atoms with van der Waals surface area (Å²) >= 11 is 0. The highest BCUT2D eigenvalue weighted by Crippen LogP contribution is 2.54. The first-order valence-corrected chi connectivity index (χ1v) is 11.7. The van der Waals surface area contributed by atoms with Crippen molar-refractivity contribution in [1.82, 2.24) is 0 Å². The fourth-order valence-electron chi connectivity index (χ4n) is 7.07. The highest BCUT2D eigenvalue weighted by atomic mass is 16.6. The molecular weight excluding hydrogens is 323 g/mol. The zero-order valence-corrected chi connectivity index (χ0v) is 17.0. The van der Waals surface area contributed by atoms with Gasteiger partial charge in [0.15, 0.2) is 0 Å². The summed E-state index contributed by atoms with van der Waals surface area (Å²) in [6.45, 7) is 2.33. The van der Waals surface area contributed by atoms with E-state index in [9.17, 15) is 10.0 Å². The van der Waals surface area contributed by atoms with Crippen molar-refractivity contribution in [2.45, 2.75) is 115 Å². The van der Waals surface area contributed by atoms with E-state index >= 15 is 0 Å². The molecule has 1 unspecified atom stereocenters. The monoisotopic (exact) mass is 364 g/mol. The molecule has 3 aliphatic carbocycles. The minimum Gasteiger partial charge on any atom is -0.402 e. The lowest BCUT2D eigenvalue weighted by atomic mass is 9.56. The van der Waals surface area contributed by atoms with Crippen LogP contribution in [-0.4, -0.2) is 23.0 Å². The van der Waals surface area contributed by atoms with Gasteiger partial charge in [0.2, 0.25) is 0 Å². The van der Waals surface area contributed by atoms with Gasteiger partial charge < -0.3 is 14.7 Å².